The number of likely N-dealkylation sites (tertiary alicyclic amines) is 2. The molecule has 0 aromatic carbocycles. The minimum absolute atomic E-state index is 0.213. The molecule has 9 nitrogen and oxygen atoms in total. The van der Waals surface area contributed by atoms with Gasteiger partial charge < -0.3 is 15.0 Å². The summed E-state index contributed by atoms with van der Waals surface area (Å²) in [5, 5.41) is 21.5. The molecule has 0 radical (unpaired) electrons. The van der Waals surface area contributed by atoms with Crippen molar-refractivity contribution in [2.24, 2.45) is 0 Å². The fourth-order valence-electron chi connectivity index (χ4n) is 3.81. The Hall–Kier alpha value is -3.33. The highest BCUT2D eigenvalue weighted by Crippen LogP contribution is 2.28. The Kier molecular flexibility index (Phi) is 6.12. The minimum atomic E-state index is -0.704. The van der Waals surface area contributed by atoms with Gasteiger partial charge in [0.1, 0.15) is 29.6 Å². The highest BCUT2D eigenvalue weighted by Gasteiger charge is 2.45. The molecule has 1 N–H and O–H groups in total. The van der Waals surface area contributed by atoms with Crippen molar-refractivity contribution in [1.82, 2.24) is 14.8 Å². The molecule has 158 valence electrons. The van der Waals surface area contributed by atoms with Gasteiger partial charge in [0, 0.05) is 25.3 Å². The molecule has 2 saturated heterocycles. The highest BCUT2D eigenvalue weighted by molar-refractivity contribution is 5.87. The van der Waals surface area contributed by atoms with E-state index in [2.05, 4.69) is 16.4 Å². The number of hydrogen-bond acceptors (Lipinski definition) is 7. The second kappa shape index (κ2) is 8.58. The lowest BCUT2D eigenvalue weighted by Crippen LogP contribution is -2.50. The van der Waals surface area contributed by atoms with Crippen molar-refractivity contribution in [2.75, 3.05) is 18.4 Å². The van der Waals surface area contributed by atoms with Crippen LogP contribution in [0.3, 0.4) is 0 Å². The van der Waals surface area contributed by atoms with E-state index >= 15 is 0 Å². The number of carbonyl (C=O) groups excluding carboxylic acids is 2. The summed E-state index contributed by atoms with van der Waals surface area (Å²) in [6.07, 6.45) is 2.73. The molecular weight excluding hydrogens is 384 g/mol. The van der Waals surface area contributed by atoms with E-state index in [1.165, 1.54) is 11.1 Å². The lowest BCUT2D eigenvalue weighted by Gasteiger charge is -2.30. The number of aromatic nitrogens is 1. The Morgan fingerprint density at radius 3 is 2.63 bits per heavy atom. The van der Waals surface area contributed by atoms with Gasteiger partial charge in [0.2, 0.25) is 5.91 Å². The largest absolute Gasteiger partial charge is 0.444 e. The van der Waals surface area contributed by atoms with E-state index in [-0.39, 0.29) is 18.5 Å². The van der Waals surface area contributed by atoms with Crippen LogP contribution in [0.4, 0.5) is 10.6 Å². The van der Waals surface area contributed by atoms with Gasteiger partial charge >= 0.3 is 6.09 Å². The van der Waals surface area contributed by atoms with Gasteiger partial charge in [0.05, 0.1) is 11.6 Å². The van der Waals surface area contributed by atoms with Crippen molar-refractivity contribution in [3.63, 3.8) is 0 Å². The maximum Gasteiger partial charge on any atom is 0.411 e. The first-order valence-electron chi connectivity index (χ1n) is 10.0. The predicted molar refractivity (Wildman–Crippen MR) is 108 cm³/mol. The van der Waals surface area contributed by atoms with Gasteiger partial charge in [-0.1, -0.05) is 0 Å². The van der Waals surface area contributed by atoms with Gasteiger partial charge in [-0.25, -0.2) is 9.78 Å². The number of ether oxygens (including phenoxy) is 1. The van der Waals surface area contributed by atoms with E-state index in [9.17, 15) is 14.9 Å². The van der Waals surface area contributed by atoms with Crippen molar-refractivity contribution in [3.8, 4) is 12.1 Å². The number of nitriles is 2. The quantitative estimate of drug-likeness (QED) is 0.811. The molecule has 2 aliphatic rings. The number of nitrogens with zero attached hydrogens (tertiary/aromatic N) is 5. The standard InChI is InChI=1S/C21H26N6O3/c1-21(2,3)30-20(29)27-13-15(25-18-7-6-14(10-22)12-24-18)9-17(27)19(28)26-8-4-5-16(26)11-23/h6-7,12,15-17H,4-5,8-9,13H2,1-3H3,(H,24,25)/t15-,16?,17-/m0/s1. The summed E-state index contributed by atoms with van der Waals surface area (Å²) in [7, 11) is 0. The van der Waals surface area contributed by atoms with E-state index in [1.807, 2.05) is 6.07 Å². The first-order chi connectivity index (χ1) is 14.2. The zero-order valence-electron chi connectivity index (χ0n) is 17.5. The van der Waals surface area contributed by atoms with Gasteiger partial charge in [0.25, 0.3) is 0 Å². The maximum absolute atomic E-state index is 13.2. The van der Waals surface area contributed by atoms with Gasteiger partial charge in [-0.05, 0) is 52.2 Å². The highest BCUT2D eigenvalue weighted by atomic mass is 16.6. The molecule has 1 unspecified atom stereocenters. The van der Waals surface area contributed by atoms with E-state index in [0.717, 1.165) is 6.42 Å². The van der Waals surface area contributed by atoms with Crippen LogP contribution in [-0.2, 0) is 9.53 Å². The molecule has 1 aromatic rings. The second-order valence-corrected chi connectivity index (χ2v) is 8.59. The summed E-state index contributed by atoms with van der Waals surface area (Å²) in [4.78, 5) is 33.3. The summed E-state index contributed by atoms with van der Waals surface area (Å²) in [6.45, 7) is 6.13. The van der Waals surface area contributed by atoms with Gasteiger partial charge in [0.15, 0.2) is 0 Å². The number of pyridine rings is 1. The monoisotopic (exact) mass is 410 g/mol. The molecule has 3 heterocycles. The third-order valence-corrected chi connectivity index (χ3v) is 5.14. The molecular formula is C21H26N6O3. The Balaban J connectivity index is 1.78. The Morgan fingerprint density at radius 1 is 1.27 bits per heavy atom. The lowest BCUT2D eigenvalue weighted by atomic mass is 10.1. The topological polar surface area (TPSA) is 122 Å². The molecule has 0 aliphatic carbocycles. The number of anilines is 1. The van der Waals surface area contributed by atoms with E-state index < -0.39 is 23.8 Å². The number of rotatable bonds is 3. The van der Waals surface area contributed by atoms with Crippen LogP contribution >= 0.6 is 0 Å². The number of amides is 2. The third kappa shape index (κ3) is 4.80. The Labute approximate surface area is 176 Å². The summed E-state index contributed by atoms with van der Waals surface area (Å²) in [5.41, 5.74) is -0.236. The molecule has 1 aromatic heterocycles. The molecule has 3 atom stereocenters. The van der Waals surface area contributed by atoms with Crippen LogP contribution in [0.2, 0.25) is 0 Å². The van der Waals surface area contributed by atoms with Crippen molar-refractivity contribution >= 4 is 17.8 Å². The van der Waals surface area contributed by atoms with Gasteiger partial charge in [-0.2, -0.15) is 10.5 Å². The third-order valence-electron chi connectivity index (χ3n) is 5.14. The summed E-state index contributed by atoms with van der Waals surface area (Å²) < 4.78 is 5.52. The van der Waals surface area contributed by atoms with Gasteiger partial charge in [-0.15, -0.1) is 0 Å². The fraction of sp³-hybridized carbons (Fsp3) is 0.571. The SMILES string of the molecule is CC(C)(C)OC(=O)N1C[C@@H](Nc2ccc(C#N)cn2)C[C@H]1C(=O)N1CCCC1C#N. The molecule has 9 heteroatoms. The van der Waals surface area contributed by atoms with E-state index in [4.69, 9.17) is 10.00 Å². The molecule has 2 fully saturated rings. The average Bonchev–Trinajstić information content (AvgIpc) is 3.33. The normalized spacial score (nSPS) is 23.6. The number of nitrogens with one attached hydrogen (secondary N) is 1. The van der Waals surface area contributed by atoms with Gasteiger partial charge in [-0.3, -0.25) is 9.69 Å². The van der Waals surface area contributed by atoms with Crippen LogP contribution in [-0.4, -0.2) is 63.6 Å². The maximum atomic E-state index is 13.2. The second-order valence-electron chi connectivity index (χ2n) is 8.59. The first-order valence-corrected chi connectivity index (χ1v) is 10.0. The predicted octanol–water partition coefficient (Wildman–Crippen LogP) is 2.26. The van der Waals surface area contributed by atoms with Crippen LogP contribution in [0, 0.1) is 22.7 Å². The zero-order chi connectivity index (χ0) is 21.9. The van der Waals surface area contributed by atoms with E-state index in [1.54, 1.807) is 37.8 Å². The Bertz CT molecular complexity index is 880. The summed E-state index contributed by atoms with van der Waals surface area (Å²) >= 11 is 0. The molecule has 0 spiro atoms. The van der Waals surface area contributed by atoms with Crippen LogP contribution in [0.15, 0.2) is 18.3 Å². The molecule has 2 aliphatic heterocycles. The Morgan fingerprint density at radius 2 is 2.03 bits per heavy atom. The van der Waals surface area contributed by atoms with Crippen molar-refractivity contribution < 1.29 is 14.3 Å². The fourth-order valence-corrected chi connectivity index (χ4v) is 3.81. The zero-order valence-corrected chi connectivity index (χ0v) is 17.5. The summed E-state index contributed by atoms with van der Waals surface area (Å²) in [6, 6.07) is 6.17. The average molecular weight is 410 g/mol. The van der Waals surface area contributed by atoms with Crippen LogP contribution < -0.4 is 5.32 Å². The molecule has 0 saturated carbocycles. The molecule has 3 rings (SSSR count). The van der Waals surface area contributed by atoms with Crippen molar-refractivity contribution in [2.45, 2.75) is 63.8 Å². The van der Waals surface area contributed by atoms with Crippen molar-refractivity contribution in [3.05, 3.63) is 23.9 Å². The molecule has 0 bridgehead atoms. The number of hydrogen-bond donors (Lipinski definition) is 1. The first kappa shape index (κ1) is 21.4. The molecule has 2 amide bonds. The minimum Gasteiger partial charge on any atom is -0.444 e. The lowest BCUT2D eigenvalue weighted by molar-refractivity contribution is -0.135. The van der Waals surface area contributed by atoms with E-state index in [0.29, 0.717) is 30.8 Å². The number of carbonyl (C=O) groups is 2. The van der Waals surface area contributed by atoms with Crippen LogP contribution in [0.25, 0.3) is 0 Å². The van der Waals surface area contributed by atoms with Crippen molar-refractivity contribution in [1.29, 1.82) is 10.5 Å². The molecule has 30 heavy (non-hydrogen) atoms. The van der Waals surface area contributed by atoms with Crippen LogP contribution in [0.1, 0.15) is 45.6 Å². The van der Waals surface area contributed by atoms with Crippen LogP contribution in [0.5, 0.6) is 0 Å². The summed E-state index contributed by atoms with van der Waals surface area (Å²) in [5.74, 6) is 0.342. The smallest absolute Gasteiger partial charge is 0.411 e.